The summed E-state index contributed by atoms with van der Waals surface area (Å²) in [6.45, 7) is 4.94. The van der Waals surface area contributed by atoms with Crippen molar-refractivity contribution in [3.63, 3.8) is 0 Å². The monoisotopic (exact) mass is 220 g/mol. The van der Waals surface area contributed by atoms with Crippen LogP contribution in [0.3, 0.4) is 0 Å². The van der Waals surface area contributed by atoms with E-state index in [2.05, 4.69) is 17.7 Å². The molecule has 0 amide bonds. The maximum Gasteiger partial charge on any atom is 0.123 e. The van der Waals surface area contributed by atoms with Crippen molar-refractivity contribution in [1.82, 2.24) is 4.57 Å². The van der Waals surface area contributed by atoms with E-state index in [0.717, 1.165) is 29.4 Å². The molecule has 0 aliphatic rings. The smallest absolute Gasteiger partial charge is 0.123 e. The van der Waals surface area contributed by atoms with Gasteiger partial charge in [-0.25, -0.2) is 4.39 Å². The molecule has 3 heteroatoms. The molecule has 86 valence electrons. The Bertz CT molecular complexity index is 500. The molecule has 0 bridgehead atoms. The Labute approximate surface area is 94.9 Å². The van der Waals surface area contributed by atoms with Crippen LogP contribution < -0.4 is 5.73 Å². The van der Waals surface area contributed by atoms with E-state index in [-0.39, 0.29) is 11.9 Å². The lowest BCUT2D eigenvalue weighted by molar-refractivity contribution is 0.629. The summed E-state index contributed by atoms with van der Waals surface area (Å²) in [7, 11) is 0. The molecule has 1 aromatic heterocycles. The number of rotatable bonds is 3. The molecule has 16 heavy (non-hydrogen) atoms. The molecule has 2 aromatic rings. The van der Waals surface area contributed by atoms with Crippen LogP contribution in [0.4, 0.5) is 4.39 Å². The van der Waals surface area contributed by atoms with Gasteiger partial charge in [-0.2, -0.15) is 0 Å². The van der Waals surface area contributed by atoms with Crippen molar-refractivity contribution in [2.75, 3.05) is 0 Å². The standard InChI is InChI=1S/C13H17FN2/c1-3-16-8-10(6-9(2)15)12-7-11(14)4-5-13(12)16/h4-5,7-9H,3,6,15H2,1-2H3. The fourth-order valence-corrected chi connectivity index (χ4v) is 2.11. The highest BCUT2D eigenvalue weighted by molar-refractivity contribution is 5.84. The number of nitrogens with two attached hydrogens (primary N) is 1. The van der Waals surface area contributed by atoms with Crippen LogP contribution in [0.2, 0.25) is 0 Å². The predicted octanol–water partition coefficient (Wildman–Crippen LogP) is 2.69. The minimum atomic E-state index is -0.188. The Balaban J connectivity index is 2.59. The van der Waals surface area contributed by atoms with Gasteiger partial charge in [0.25, 0.3) is 0 Å². The van der Waals surface area contributed by atoms with Crippen LogP contribution in [0.5, 0.6) is 0 Å². The summed E-state index contributed by atoms with van der Waals surface area (Å²) in [5.74, 6) is -0.188. The fraction of sp³-hybridized carbons (Fsp3) is 0.385. The molecule has 2 N–H and O–H groups in total. The molecule has 1 atom stereocenters. The van der Waals surface area contributed by atoms with E-state index in [1.165, 1.54) is 6.07 Å². The van der Waals surface area contributed by atoms with Crippen molar-refractivity contribution >= 4 is 10.9 Å². The second-order valence-corrected chi connectivity index (χ2v) is 4.28. The second kappa shape index (κ2) is 4.26. The highest BCUT2D eigenvalue weighted by Gasteiger charge is 2.09. The third-order valence-corrected chi connectivity index (χ3v) is 2.81. The highest BCUT2D eigenvalue weighted by atomic mass is 19.1. The van der Waals surface area contributed by atoms with Crippen molar-refractivity contribution in [3.05, 3.63) is 35.8 Å². The molecule has 0 aliphatic heterocycles. The Morgan fingerprint density at radius 1 is 1.44 bits per heavy atom. The van der Waals surface area contributed by atoms with Gasteiger partial charge in [0.05, 0.1) is 0 Å². The van der Waals surface area contributed by atoms with Crippen LogP contribution in [0.1, 0.15) is 19.4 Å². The van der Waals surface area contributed by atoms with Crippen molar-refractivity contribution in [2.45, 2.75) is 32.9 Å². The number of aryl methyl sites for hydroxylation is 1. The van der Waals surface area contributed by atoms with Gasteiger partial charge >= 0.3 is 0 Å². The Morgan fingerprint density at radius 3 is 2.81 bits per heavy atom. The summed E-state index contributed by atoms with van der Waals surface area (Å²) in [4.78, 5) is 0. The van der Waals surface area contributed by atoms with Crippen molar-refractivity contribution in [3.8, 4) is 0 Å². The topological polar surface area (TPSA) is 30.9 Å². The SMILES string of the molecule is CCn1cc(CC(C)N)c2cc(F)ccc21. The Kier molecular flexibility index (Phi) is 2.97. The van der Waals surface area contributed by atoms with Crippen LogP contribution in [-0.4, -0.2) is 10.6 Å². The molecule has 1 aromatic carbocycles. The number of hydrogen-bond donors (Lipinski definition) is 1. The van der Waals surface area contributed by atoms with Gasteiger partial charge < -0.3 is 10.3 Å². The minimum Gasteiger partial charge on any atom is -0.347 e. The zero-order valence-corrected chi connectivity index (χ0v) is 9.70. The fourth-order valence-electron chi connectivity index (χ4n) is 2.11. The molecular formula is C13H17FN2. The van der Waals surface area contributed by atoms with Gasteiger partial charge in [-0.15, -0.1) is 0 Å². The van der Waals surface area contributed by atoms with Crippen molar-refractivity contribution in [2.24, 2.45) is 5.73 Å². The zero-order chi connectivity index (χ0) is 11.7. The normalized spacial score (nSPS) is 13.2. The molecule has 0 aliphatic carbocycles. The lowest BCUT2D eigenvalue weighted by Crippen LogP contribution is -2.17. The number of nitrogens with zero attached hydrogens (tertiary/aromatic N) is 1. The maximum atomic E-state index is 13.2. The first-order chi connectivity index (χ1) is 7.61. The second-order valence-electron chi connectivity index (χ2n) is 4.28. The first-order valence-corrected chi connectivity index (χ1v) is 5.64. The molecule has 0 saturated carbocycles. The van der Waals surface area contributed by atoms with E-state index in [9.17, 15) is 4.39 Å². The van der Waals surface area contributed by atoms with E-state index < -0.39 is 0 Å². The van der Waals surface area contributed by atoms with E-state index in [0.29, 0.717) is 0 Å². The molecule has 2 rings (SSSR count). The molecule has 2 nitrogen and oxygen atoms in total. The molecule has 0 spiro atoms. The van der Waals surface area contributed by atoms with Gasteiger partial charge in [-0.1, -0.05) is 0 Å². The van der Waals surface area contributed by atoms with Gasteiger partial charge in [-0.05, 0) is 44.0 Å². The predicted molar refractivity (Wildman–Crippen MR) is 64.9 cm³/mol. The summed E-state index contributed by atoms with van der Waals surface area (Å²) in [6, 6.07) is 5.03. The lowest BCUT2D eigenvalue weighted by Gasteiger charge is -2.02. The number of aromatic nitrogens is 1. The summed E-state index contributed by atoms with van der Waals surface area (Å²) in [5, 5.41) is 0.985. The summed E-state index contributed by atoms with van der Waals surface area (Å²) in [6.07, 6.45) is 2.86. The van der Waals surface area contributed by atoms with Gasteiger partial charge in [0.15, 0.2) is 0 Å². The molecule has 1 heterocycles. The van der Waals surface area contributed by atoms with Crippen LogP contribution in [0.15, 0.2) is 24.4 Å². The van der Waals surface area contributed by atoms with Gasteiger partial charge in [-0.3, -0.25) is 0 Å². The minimum absolute atomic E-state index is 0.0965. The highest BCUT2D eigenvalue weighted by Crippen LogP contribution is 2.23. The molecule has 1 unspecified atom stereocenters. The molecule has 0 radical (unpaired) electrons. The zero-order valence-electron chi connectivity index (χ0n) is 9.70. The van der Waals surface area contributed by atoms with Crippen molar-refractivity contribution in [1.29, 1.82) is 0 Å². The quantitative estimate of drug-likeness (QED) is 0.847. The number of hydrogen-bond acceptors (Lipinski definition) is 1. The largest absolute Gasteiger partial charge is 0.347 e. The average molecular weight is 220 g/mol. The van der Waals surface area contributed by atoms with Gasteiger partial charge in [0.1, 0.15) is 5.82 Å². The molecule has 0 saturated heterocycles. The lowest BCUT2D eigenvalue weighted by atomic mass is 10.1. The van der Waals surface area contributed by atoms with Crippen molar-refractivity contribution < 1.29 is 4.39 Å². The van der Waals surface area contributed by atoms with E-state index in [4.69, 9.17) is 5.73 Å². The Hall–Kier alpha value is -1.35. The first-order valence-electron chi connectivity index (χ1n) is 5.64. The van der Waals surface area contributed by atoms with E-state index in [1.807, 2.05) is 13.0 Å². The first kappa shape index (κ1) is 11.1. The third kappa shape index (κ3) is 1.95. The third-order valence-electron chi connectivity index (χ3n) is 2.81. The van der Waals surface area contributed by atoms with Gasteiger partial charge in [0.2, 0.25) is 0 Å². The van der Waals surface area contributed by atoms with Crippen LogP contribution in [0.25, 0.3) is 10.9 Å². The van der Waals surface area contributed by atoms with E-state index >= 15 is 0 Å². The summed E-state index contributed by atoms with van der Waals surface area (Å²) >= 11 is 0. The van der Waals surface area contributed by atoms with Crippen LogP contribution in [-0.2, 0) is 13.0 Å². The summed E-state index contributed by atoms with van der Waals surface area (Å²) < 4.78 is 15.4. The van der Waals surface area contributed by atoms with Crippen LogP contribution in [0, 0.1) is 5.82 Å². The number of benzene rings is 1. The number of fused-ring (bicyclic) bond motifs is 1. The summed E-state index contributed by atoms with van der Waals surface area (Å²) in [5.41, 5.74) is 8.02. The van der Waals surface area contributed by atoms with Gasteiger partial charge in [0, 0.05) is 29.7 Å². The molecule has 0 fully saturated rings. The van der Waals surface area contributed by atoms with E-state index in [1.54, 1.807) is 6.07 Å². The maximum absolute atomic E-state index is 13.2. The number of halogens is 1. The van der Waals surface area contributed by atoms with Crippen LogP contribution >= 0.6 is 0 Å². The average Bonchev–Trinajstić information content (AvgIpc) is 2.55. The molecular weight excluding hydrogens is 203 g/mol. The Morgan fingerprint density at radius 2 is 2.19 bits per heavy atom.